The van der Waals surface area contributed by atoms with Crippen molar-refractivity contribution in [3.05, 3.63) is 23.4 Å². The highest BCUT2D eigenvalue weighted by Gasteiger charge is 2.05. The molecule has 0 fully saturated rings. The van der Waals surface area contributed by atoms with Gasteiger partial charge in [0.05, 0.1) is 13.2 Å². The van der Waals surface area contributed by atoms with Crippen LogP contribution >= 0.6 is 0 Å². The van der Waals surface area contributed by atoms with E-state index >= 15 is 0 Å². The zero-order chi connectivity index (χ0) is 7.98. The number of esters is 1. The fourth-order valence-electron chi connectivity index (χ4n) is 0.325. The Bertz CT molecular complexity index is 190. The molecule has 0 unspecified atom stereocenters. The Morgan fingerprint density at radius 3 is 2.80 bits per heavy atom. The second-order valence-electron chi connectivity index (χ2n) is 1.34. The normalized spacial score (nSPS) is 10.2. The highest BCUT2D eigenvalue weighted by Crippen LogP contribution is 1.96. The van der Waals surface area contributed by atoms with Gasteiger partial charge in [-0.05, 0) is 6.92 Å². The third-order valence-corrected chi connectivity index (χ3v) is 0.717. The van der Waals surface area contributed by atoms with E-state index in [1.807, 2.05) is 0 Å². The fraction of sp³-hybridized carbons (Fsp3) is 0.333. The van der Waals surface area contributed by atoms with Gasteiger partial charge in [0.1, 0.15) is 0 Å². The van der Waals surface area contributed by atoms with Gasteiger partial charge in [-0.15, -0.1) is 6.26 Å². The van der Waals surface area contributed by atoms with E-state index in [4.69, 9.17) is 6.57 Å². The van der Waals surface area contributed by atoms with E-state index in [0.29, 0.717) is 0 Å². The molecule has 4 heteroatoms. The Balaban J connectivity index is 4.08. The molecule has 0 amide bonds. The van der Waals surface area contributed by atoms with E-state index in [1.54, 1.807) is 6.92 Å². The van der Waals surface area contributed by atoms with Crippen LogP contribution in [0.5, 0.6) is 0 Å². The molecule has 0 aliphatic heterocycles. The molecule has 0 bridgehead atoms. The highest BCUT2D eigenvalue weighted by molar-refractivity contribution is 5.89. The van der Waals surface area contributed by atoms with Crippen LogP contribution in [0.4, 0.5) is 0 Å². The van der Waals surface area contributed by atoms with Crippen molar-refractivity contribution in [2.24, 2.45) is 0 Å². The number of nitrogens with zero attached hydrogens (tertiary/aromatic N) is 1. The first-order valence-electron chi connectivity index (χ1n) is 2.63. The molecule has 0 atom stereocenters. The molecular formula is C6H6NO3-. The molecule has 0 rings (SSSR count). The summed E-state index contributed by atoms with van der Waals surface area (Å²) < 4.78 is 4.36. The van der Waals surface area contributed by atoms with Gasteiger partial charge in [0.15, 0.2) is 0 Å². The Kier molecular flexibility index (Phi) is 3.73. The van der Waals surface area contributed by atoms with Gasteiger partial charge in [0.2, 0.25) is 0 Å². The van der Waals surface area contributed by atoms with E-state index in [1.165, 1.54) is 0 Å². The van der Waals surface area contributed by atoms with Crippen LogP contribution in [0.2, 0.25) is 0 Å². The molecule has 0 aromatic carbocycles. The van der Waals surface area contributed by atoms with Crippen LogP contribution in [0, 0.1) is 6.57 Å². The Morgan fingerprint density at radius 2 is 2.50 bits per heavy atom. The zero-order valence-electron chi connectivity index (χ0n) is 5.46. The summed E-state index contributed by atoms with van der Waals surface area (Å²) in [4.78, 5) is 13.2. The lowest BCUT2D eigenvalue weighted by Gasteiger charge is -1.99. The molecule has 0 radical (unpaired) electrons. The summed E-state index contributed by atoms with van der Waals surface area (Å²) >= 11 is 0. The van der Waals surface area contributed by atoms with Crippen molar-refractivity contribution in [3.8, 4) is 0 Å². The van der Waals surface area contributed by atoms with Crippen LogP contribution in [0.25, 0.3) is 4.85 Å². The van der Waals surface area contributed by atoms with Crippen LogP contribution in [-0.4, -0.2) is 12.6 Å². The second kappa shape index (κ2) is 4.39. The molecule has 0 aliphatic carbocycles. The minimum Gasteiger partial charge on any atom is -0.886 e. The summed E-state index contributed by atoms with van der Waals surface area (Å²) in [6, 6.07) is 0. The summed E-state index contributed by atoms with van der Waals surface area (Å²) in [6.07, 6.45) is 0.186. The summed E-state index contributed by atoms with van der Waals surface area (Å²) in [5.74, 6) is -0.854. The van der Waals surface area contributed by atoms with Gasteiger partial charge in [-0.25, -0.2) is 4.85 Å². The molecule has 0 spiro atoms. The predicted molar refractivity (Wildman–Crippen MR) is 31.3 cm³/mol. The van der Waals surface area contributed by atoms with Gasteiger partial charge >= 0.3 is 5.97 Å². The average Bonchev–Trinajstić information content (AvgIpc) is 1.91. The minimum absolute atomic E-state index is 0.172. The van der Waals surface area contributed by atoms with Gasteiger partial charge in [0, 0.05) is 0 Å². The molecule has 10 heavy (non-hydrogen) atoms. The lowest BCUT2D eigenvalue weighted by Crippen LogP contribution is -2.07. The number of carbonyl (C=O) groups is 1. The molecule has 0 aliphatic rings. The molecule has 0 saturated carbocycles. The molecular weight excluding hydrogens is 134 g/mol. The quantitative estimate of drug-likeness (QED) is 0.228. The lowest BCUT2D eigenvalue weighted by molar-refractivity contribution is -0.276. The topological polar surface area (TPSA) is 53.7 Å². The predicted octanol–water partition coefficient (Wildman–Crippen LogP) is -0.330. The van der Waals surface area contributed by atoms with Crippen LogP contribution in [0.1, 0.15) is 6.92 Å². The van der Waals surface area contributed by atoms with Crippen molar-refractivity contribution in [1.29, 1.82) is 0 Å². The smallest absolute Gasteiger partial charge is 0.334 e. The van der Waals surface area contributed by atoms with Crippen molar-refractivity contribution in [3.63, 3.8) is 0 Å². The SMILES string of the molecule is [C-]#[N+]C(=C[O-])C(=O)OCC. The number of hydrogen-bond donors (Lipinski definition) is 0. The second-order valence-corrected chi connectivity index (χ2v) is 1.34. The molecule has 54 valence electrons. The Labute approximate surface area is 58.5 Å². The minimum atomic E-state index is -0.854. The summed E-state index contributed by atoms with van der Waals surface area (Å²) in [5, 5.41) is 9.90. The van der Waals surface area contributed by atoms with Crippen molar-refractivity contribution in [2.45, 2.75) is 6.92 Å². The van der Waals surface area contributed by atoms with E-state index in [-0.39, 0.29) is 12.9 Å². The molecule has 0 saturated heterocycles. The molecule has 4 nitrogen and oxygen atoms in total. The summed E-state index contributed by atoms with van der Waals surface area (Å²) in [7, 11) is 0. The number of hydrogen-bond acceptors (Lipinski definition) is 3. The maximum absolute atomic E-state index is 10.5. The van der Waals surface area contributed by atoms with Gasteiger partial charge in [-0.3, -0.25) is 4.79 Å². The van der Waals surface area contributed by atoms with Gasteiger partial charge in [0.25, 0.3) is 5.70 Å². The maximum Gasteiger partial charge on any atom is 0.334 e. The molecule has 0 N–H and O–H groups in total. The Hall–Kier alpha value is -1.50. The lowest BCUT2D eigenvalue weighted by atomic mass is 10.5. The standard InChI is InChI=1S/C6H7NO3/c1-3-10-6(9)5(4-8)7-2/h4,8H,3H2,1H3/p-1. The number of ether oxygens (including phenoxy) is 1. The van der Waals surface area contributed by atoms with E-state index in [2.05, 4.69) is 9.58 Å². The average molecular weight is 140 g/mol. The van der Waals surface area contributed by atoms with Crippen molar-refractivity contribution in [1.82, 2.24) is 0 Å². The van der Waals surface area contributed by atoms with Crippen LogP contribution in [0.3, 0.4) is 0 Å². The van der Waals surface area contributed by atoms with Crippen molar-refractivity contribution >= 4 is 5.97 Å². The highest BCUT2D eigenvalue weighted by atomic mass is 16.5. The Morgan fingerprint density at radius 1 is 1.90 bits per heavy atom. The largest absolute Gasteiger partial charge is 0.886 e. The number of carbonyl (C=O) groups excluding carboxylic acids is 1. The first-order valence-corrected chi connectivity index (χ1v) is 2.63. The van der Waals surface area contributed by atoms with Gasteiger partial charge < -0.3 is 9.84 Å². The van der Waals surface area contributed by atoms with Crippen LogP contribution in [-0.2, 0) is 9.53 Å². The maximum atomic E-state index is 10.5. The fourth-order valence-corrected chi connectivity index (χ4v) is 0.325. The van der Waals surface area contributed by atoms with E-state index in [9.17, 15) is 9.90 Å². The third-order valence-electron chi connectivity index (χ3n) is 0.717. The molecule has 0 aromatic rings. The summed E-state index contributed by atoms with van der Waals surface area (Å²) in [6.45, 7) is 8.10. The third kappa shape index (κ3) is 2.18. The molecule has 0 heterocycles. The first kappa shape index (κ1) is 8.50. The van der Waals surface area contributed by atoms with E-state index < -0.39 is 11.7 Å². The molecule has 0 aromatic heterocycles. The van der Waals surface area contributed by atoms with Gasteiger partial charge in [-0.2, -0.15) is 0 Å². The van der Waals surface area contributed by atoms with Crippen LogP contribution in [0.15, 0.2) is 12.0 Å². The van der Waals surface area contributed by atoms with Gasteiger partial charge in [-0.1, -0.05) is 0 Å². The summed E-state index contributed by atoms with van der Waals surface area (Å²) in [5.41, 5.74) is -0.512. The number of rotatable bonds is 2. The van der Waals surface area contributed by atoms with Crippen LogP contribution < -0.4 is 5.11 Å². The van der Waals surface area contributed by atoms with E-state index in [0.717, 1.165) is 0 Å². The monoisotopic (exact) mass is 140 g/mol. The zero-order valence-corrected chi connectivity index (χ0v) is 5.46. The van der Waals surface area contributed by atoms with Crippen molar-refractivity contribution in [2.75, 3.05) is 6.61 Å². The first-order chi connectivity index (χ1) is 4.76. The van der Waals surface area contributed by atoms with Crippen molar-refractivity contribution < 1.29 is 14.6 Å².